The van der Waals surface area contributed by atoms with E-state index in [4.69, 9.17) is 0 Å². The number of nitrogens with one attached hydrogen (secondary N) is 1. The fourth-order valence-corrected chi connectivity index (χ4v) is 1.81. The van der Waals surface area contributed by atoms with Crippen molar-refractivity contribution in [3.8, 4) is 0 Å². The summed E-state index contributed by atoms with van der Waals surface area (Å²) in [6.07, 6.45) is 1.76. The van der Waals surface area contributed by atoms with E-state index in [1.807, 2.05) is 18.2 Å². The van der Waals surface area contributed by atoms with Crippen molar-refractivity contribution in [3.05, 3.63) is 40.0 Å². The number of aromatic amines is 1. The molecule has 0 bridgehead atoms. The SMILES string of the molecule is C=Cc1ccc2sc(=O)[nH]c2c1. The van der Waals surface area contributed by atoms with Crippen molar-refractivity contribution in [2.75, 3.05) is 0 Å². The summed E-state index contributed by atoms with van der Waals surface area (Å²) in [5.74, 6) is 0. The van der Waals surface area contributed by atoms with Crippen LogP contribution in [-0.2, 0) is 0 Å². The molecule has 3 heteroatoms. The van der Waals surface area contributed by atoms with E-state index >= 15 is 0 Å². The third-order valence-corrected chi connectivity index (χ3v) is 2.54. The molecule has 0 fully saturated rings. The molecule has 1 heterocycles. The Labute approximate surface area is 73.2 Å². The van der Waals surface area contributed by atoms with E-state index in [-0.39, 0.29) is 4.87 Å². The lowest BCUT2D eigenvalue weighted by Gasteiger charge is -1.90. The van der Waals surface area contributed by atoms with Crippen LogP contribution in [0.4, 0.5) is 0 Å². The molecule has 2 nitrogen and oxygen atoms in total. The van der Waals surface area contributed by atoms with E-state index < -0.39 is 0 Å². The minimum absolute atomic E-state index is 0.00814. The third-order valence-electron chi connectivity index (χ3n) is 1.68. The third kappa shape index (κ3) is 1.08. The van der Waals surface area contributed by atoms with E-state index in [0.29, 0.717) is 0 Å². The van der Waals surface area contributed by atoms with Gasteiger partial charge in [0.2, 0.25) is 0 Å². The van der Waals surface area contributed by atoms with Crippen LogP contribution in [0, 0.1) is 0 Å². The predicted octanol–water partition coefficient (Wildman–Crippen LogP) is 2.23. The summed E-state index contributed by atoms with van der Waals surface area (Å²) in [5, 5.41) is 0. The lowest BCUT2D eigenvalue weighted by molar-refractivity contribution is 1.41. The Bertz CT molecular complexity index is 480. The first-order valence-electron chi connectivity index (χ1n) is 3.55. The van der Waals surface area contributed by atoms with Gasteiger partial charge < -0.3 is 4.98 Å². The summed E-state index contributed by atoms with van der Waals surface area (Å²) >= 11 is 1.23. The highest BCUT2D eigenvalue weighted by Crippen LogP contribution is 2.16. The average Bonchev–Trinajstić information content (AvgIpc) is 2.43. The molecule has 2 rings (SSSR count). The molecule has 0 aliphatic rings. The molecule has 1 aromatic heterocycles. The molecule has 2 aromatic rings. The first-order valence-corrected chi connectivity index (χ1v) is 4.36. The lowest BCUT2D eigenvalue weighted by Crippen LogP contribution is -1.89. The number of benzene rings is 1. The minimum Gasteiger partial charge on any atom is -0.312 e. The summed E-state index contributed by atoms with van der Waals surface area (Å²) in [6, 6.07) is 5.79. The molecule has 0 amide bonds. The van der Waals surface area contributed by atoms with Crippen LogP contribution in [0.1, 0.15) is 5.56 Å². The molecule has 0 aliphatic carbocycles. The van der Waals surface area contributed by atoms with Gasteiger partial charge in [0, 0.05) is 0 Å². The Morgan fingerprint density at radius 2 is 2.33 bits per heavy atom. The number of fused-ring (bicyclic) bond motifs is 1. The van der Waals surface area contributed by atoms with Crippen molar-refractivity contribution >= 4 is 27.6 Å². The highest BCUT2D eigenvalue weighted by atomic mass is 32.1. The molecule has 0 spiro atoms. The van der Waals surface area contributed by atoms with Gasteiger partial charge in [-0.3, -0.25) is 4.79 Å². The quantitative estimate of drug-likeness (QED) is 0.711. The Morgan fingerprint density at radius 1 is 1.50 bits per heavy atom. The van der Waals surface area contributed by atoms with Gasteiger partial charge in [-0.2, -0.15) is 0 Å². The summed E-state index contributed by atoms with van der Waals surface area (Å²) in [6.45, 7) is 3.66. The van der Waals surface area contributed by atoms with Gasteiger partial charge in [-0.15, -0.1) is 0 Å². The molecule has 1 aromatic carbocycles. The molecule has 60 valence electrons. The van der Waals surface area contributed by atoms with Gasteiger partial charge in [-0.25, -0.2) is 0 Å². The fraction of sp³-hybridized carbons (Fsp3) is 0. The maximum atomic E-state index is 10.9. The molecule has 0 atom stereocenters. The van der Waals surface area contributed by atoms with E-state index in [2.05, 4.69) is 11.6 Å². The van der Waals surface area contributed by atoms with Crippen LogP contribution in [-0.4, -0.2) is 4.98 Å². The van der Waals surface area contributed by atoms with E-state index in [9.17, 15) is 4.79 Å². The zero-order valence-corrected chi connectivity index (χ0v) is 7.15. The normalized spacial score (nSPS) is 10.3. The van der Waals surface area contributed by atoms with Crippen LogP contribution in [0.25, 0.3) is 16.3 Å². The van der Waals surface area contributed by atoms with Crippen molar-refractivity contribution in [1.82, 2.24) is 4.98 Å². The molecule has 1 N–H and O–H groups in total. The summed E-state index contributed by atoms with van der Waals surface area (Å²) in [4.78, 5) is 13.7. The lowest BCUT2D eigenvalue weighted by atomic mass is 10.2. The first kappa shape index (κ1) is 7.31. The Morgan fingerprint density at radius 3 is 3.08 bits per heavy atom. The monoisotopic (exact) mass is 177 g/mol. The van der Waals surface area contributed by atoms with Crippen LogP contribution < -0.4 is 4.87 Å². The molecule has 0 saturated carbocycles. The van der Waals surface area contributed by atoms with E-state index in [1.54, 1.807) is 6.08 Å². The van der Waals surface area contributed by atoms with Crippen LogP contribution in [0.3, 0.4) is 0 Å². The van der Waals surface area contributed by atoms with Gasteiger partial charge in [0.15, 0.2) is 0 Å². The molecular formula is C9H7NOS. The fourth-order valence-electron chi connectivity index (χ4n) is 1.10. The second-order valence-corrected chi connectivity index (χ2v) is 3.49. The van der Waals surface area contributed by atoms with E-state index in [0.717, 1.165) is 15.8 Å². The number of hydrogen-bond donors (Lipinski definition) is 1. The Kier molecular flexibility index (Phi) is 1.59. The highest BCUT2D eigenvalue weighted by Gasteiger charge is 1.97. The summed E-state index contributed by atoms with van der Waals surface area (Å²) in [7, 11) is 0. The zero-order valence-electron chi connectivity index (χ0n) is 6.33. The molecule has 0 unspecified atom stereocenters. The minimum atomic E-state index is -0.00814. The van der Waals surface area contributed by atoms with Gasteiger partial charge in [0.1, 0.15) is 0 Å². The maximum absolute atomic E-state index is 10.9. The largest absolute Gasteiger partial charge is 0.312 e. The molecule has 0 aliphatic heterocycles. The highest BCUT2D eigenvalue weighted by molar-refractivity contribution is 7.16. The number of hydrogen-bond acceptors (Lipinski definition) is 2. The van der Waals surface area contributed by atoms with Crippen molar-refractivity contribution in [1.29, 1.82) is 0 Å². The van der Waals surface area contributed by atoms with Crippen LogP contribution >= 0.6 is 11.3 Å². The molecule has 0 radical (unpaired) electrons. The van der Waals surface area contributed by atoms with Crippen LogP contribution in [0.5, 0.6) is 0 Å². The molecule has 12 heavy (non-hydrogen) atoms. The predicted molar refractivity (Wildman–Crippen MR) is 52.5 cm³/mol. The van der Waals surface area contributed by atoms with Crippen LogP contribution in [0.15, 0.2) is 29.6 Å². The van der Waals surface area contributed by atoms with Crippen molar-refractivity contribution < 1.29 is 0 Å². The summed E-state index contributed by atoms with van der Waals surface area (Å²) < 4.78 is 0.991. The first-order chi connectivity index (χ1) is 5.79. The van der Waals surface area contributed by atoms with E-state index in [1.165, 1.54) is 11.3 Å². The van der Waals surface area contributed by atoms with Crippen molar-refractivity contribution in [2.24, 2.45) is 0 Å². The summed E-state index contributed by atoms with van der Waals surface area (Å²) in [5.41, 5.74) is 1.92. The van der Waals surface area contributed by atoms with Crippen molar-refractivity contribution in [2.45, 2.75) is 0 Å². The zero-order chi connectivity index (χ0) is 8.55. The number of aromatic nitrogens is 1. The Hall–Kier alpha value is -1.35. The molecular weight excluding hydrogens is 170 g/mol. The van der Waals surface area contributed by atoms with Crippen molar-refractivity contribution in [3.63, 3.8) is 0 Å². The number of thiazole rings is 1. The van der Waals surface area contributed by atoms with Gasteiger partial charge in [-0.1, -0.05) is 30.1 Å². The number of rotatable bonds is 1. The van der Waals surface area contributed by atoms with Gasteiger partial charge in [0.25, 0.3) is 0 Å². The van der Waals surface area contributed by atoms with Crippen LogP contribution in [0.2, 0.25) is 0 Å². The molecule has 0 saturated heterocycles. The smallest absolute Gasteiger partial charge is 0.305 e. The Balaban J connectivity index is 2.82. The topological polar surface area (TPSA) is 32.9 Å². The van der Waals surface area contributed by atoms with Gasteiger partial charge in [0.05, 0.1) is 10.2 Å². The van der Waals surface area contributed by atoms with Gasteiger partial charge in [-0.05, 0) is 17.7 Å². The maximum Gasteiger partial charge on any atom is 0.305 e. The number of H-pyrrole nitrogens is 1. The van der Waals surface area contributed by atoms with Gasteiger partial charge >= 0.3 is 4.87 Å². The average molecular weight is 177 g/mol. The second-order valence-electron chi connectivity index (χ2n) is 2.47. The second kappa shape index (κ2) is 2.60. The standard InChI is InChI=1S/C9H7NOS/c1-2-6-3-4-8-7(5-6)10-9(11)12-8/h2-5H,1H2,(H,10,11).